The van der Waals surface area contributed by atoms with Crippen LogP contribution in [-0.2, 0) is 14.8 Å². The smallest absolute Gasteiger partial charge is 0.268 e. The second-order valence-corrected chi connectivity index (χ2v) is 10.0. The second kappa shape index (κ2) is 9.61. The zero-order valence-electron chi connectivity index (χ0n) is 18.2. The molecule has 0 aromatic heterocycles. The van der Waals surface area contributed by atoms with Crippen LogP contribution in [0, 0.1) is 6.92 Å². The summed E-state index contributed by atoms with van der Waals surface area (Å²) in [7, 11) is -2.87. The van der Waals surface area contributed by atoms with Crippen molar-refractivity contribution < 1.29 is 27.4 Å². The molecule has 1 N–H and O–H groups in total. The molecule has 0 atom stereocenters. The van der Waals surface area contributed by atoms with Crippen LogP contribution in [0.15, 0.2) is 59.5 Å². The standard InChI is InChI=1S/C23H20Cl2N2O6S/c1-14-3-7-20(31-2)22(9-14)34(29,30)27(16-5-6-17(24)18(25)11-16)12-23(28)26-15-4-8-19-21(10-15)33-13-32-19/h3-11H,12-13H2,1-2H3,(H,26,28). The number of sulfonamides is 1. The van der Waals surface area contributed by atoms with Gasteiger partial charge in [0.25, 0.3) is 10.0 Å². The predicted molar refractivity (Wildman–Crippen MR) is 130 cm³/mol. The lowest BCUT2D eigenvalue weighted by Gasteiger charge is -2.25. The molecule has 0 saturated heterocycles. The average Bonchev–Trinajstić information content (AvgIpc) is 3.27. The van der Waals surface area contributed by atoms with E-state index in [0.29, 0.717) is 22.7 Å². The number of anilines is 2. The first-order valence-electron chi connectivity index (χ1n) is 10.0. The highest BCUT2D eigenvalue weighted by Gasteiger charge is 2.31. The molecule has 178 valence electrons. The summed E-state index contributed by atoms with van der Waals surface area (Å²) < 4.78 is 44.3. The fraction of sp³-hybridized carbons (Fsp3) is 0.174. The molecule has 0 radical (unpaired) electrons. The number of carbonyl (C=O) groups is 1. The zero-order valence-corrected chi connectivity index (χ0v) is 20.5. The van der Waals surface area contributed by atoms with Gasteiger partial charge in [-0.05, 0) is 55.0 Å². The molecule has 0 aliphatic carbocycles. The molecule has 3 aromatic carbocycles. The molecule has 4 rings (SSSR count). The SMILES string of the molecule is COc1ccc(C)cc1S(=O)(=O)N(CC(=O)Nc1ccc2c(c1)OCO2)c1ccc(Cl)c(Cl)c1. The Morgan fingerprint density at radius 3 is 2.53 bits per heavy atom. The highest BCUT2D eigenvalue weighted by molar-refractivity contribution is 7.93. The minimum absolute atomic E-state index is 0.0862. The van der Waals surface area contributed by atoms with E-state index in [2.05, 4.69) is 5.32 Å². The number of aryl methyl sites for hydroxylation is 1. The van der Waals surface area contributed by atoms with E-state index in [0.717, 1.165) is 4.31 Å². The van der Waals surface area contributed by atoms with Gasteiger partial charge in [-0.1, -0.05) is 29.3 Å². The number of halogens is 2. The molecule has 34 heavy (non-hydrogen) atoms. The number of carbonyl (C=O) groups excluding carboxylic acids is 1. The Balaban J connectivity index is 1.70. The summed E-state index contributed by atoms with van der Waals surface area (Å²) in [6.07, 6.45) is 0. The fourth-order valence-electron chi connectivity index (χ4n) is 3.36. The molecular weight excluding hydrogens is 503 g/mol. The highest BCUT2D eigenvalue weighted by atomic mass is 35.5. The summed E-state index contributed by atoms with van der Waals surface area (Å²) in [5.74, 6) is 0.604. The molecule has 0 bridgehead atoms. The molecular formula is C23H20Cl2N2O6S. The van der Waals surface area contributed by atoms with Gasteiger partial charge in [0.1, 0.15) is 17.2 Å². The number of hydrogen-bond acceptors (Lipinski definition) is 6. The Morgan fingerprint density at radius 2 is 1.79 bits per heavy atom. The van der Waals surface area contributed by atoms with Gasteiger partial charge >= 0.3 is 0 Å². The van der Waals surface area contributed by atoms with E-state index < -0.39 is 22.5 Å². The van der Waals surface area contributed by atoms with E-state index in [1.807, 2.05) is 0 Å². The van der Waals surface area contributed by atoms with Crippen LogP contribution < -0.4 is 23.8 Å². The first-order chi connectivity index (χ1) is 16.2. The number of amides is 1. The third-order valence-electron chi connectivity index (χ3n) is 5.02. The maximum absolute atomic E-state index is 13.8. The van der Waals surface area contributed by atoms with Gasteiger partial charge in [0.2, 0.25) is 12.7 Å². The largest absolute Gasteiger partial charge is 0.495 e. The number of hydrogen-bond donors (Lipinski definition) is 1. The number of methoxy groups -OCH3 is 1. The summed E-state index contributed by atoms with van der Waals surface area (Å²) in [6.45, 7) is 1.31. The maximum Gasteiger partial charge on any atom is 0.268 e. The van der Waals surface area contributed by atoms with Gasteiger partial charge in [0, 0.05) is 11.8 Å². The topological polar surface area (TPSA) is 94.2 Å². The maximum atomic E-state index is 13.8. The zero-order chi connectivity index (χ0) is 24.5. The molecule has 3 aromatic rings. The van der Waals surface area contributed by atoms with Crippen molar-refractivity contribution in [1.82, 2.24) is 0 Å². The van der Waals surface area contributed by atoms with Gasteiger partial charge in [-0.2, -0.15) is 0 Å². The third-order valence-corrected chi connectivity index (χ3v) is 7.56. The Hall–Kier alpha value is -3.14. The number of nitrogens with one attached hydrogen (secondary N) is 1. The number of nitrogens with zero attached hydrogens (tertiary/aromatic N) is 1. The van der Waals surface area contributed by atoms with Crippen molar-refractivity contribution >= 4 is 50.5 Å². The summed E-state index contributed by atoms with van der Waals surface area (Å²) in [6, 6.07) is 14.0. The minimum Gasteiger partial charge on any atom is -0.495 e. The van der Waals surface area contributed by atoms with Crippen LogP contribution >= 0.6 is 23.2 Å². The molecule has 1 heterocycles. The van der Waals surface area contributed by atoms with E-state index >= 15 is 0 Å². The fourth-order valence-corrected chi connectivity index (χ4v) is 5.31. The van der Waals surface area contributed by atoms with Gasteiger partial charge in [-0.3, -0.25) is 9.10 Å². The molecule has 1 amide bonds. The number of fused-ring (bicyclic) bond motifs is 1. The Kier molecular flexibility index (Phi) is 6.79. The number of ether oxygens (including phenoxy) is 3. The van der Waals surface area contributed by atoms with E-state index in [9.17, 15) is 13.2 Å². The van der Waals surface area contributed by atoms with Crippen molar-refractivity contribution in [3.63, 3.8) is 0 Å². The van der Waals surface area contributed by atoms with Crippen LogP contribution in [0.1, 0.15) is 5.56 Å². The molecule has 0 fully saturated rings. The number of rotatable bonds is 7. The van der Waals surface area contributed by atoms with Crippen molar-refractivity contribution in [3.05, 3.63) is 70.2 Å². The normalized spacial score (nSPS) is 12.4. The van der Waals surface area contributed by atoms with Crippen molar-refractivity contribution in [2.24, 2.45) is 0 Å². The minimum atomic E-state index is -4.24. The van der Waals surface area contributed by atoms with Crippen molar-refractivity contribution in [3.8, 4) is 17.2 Å². The van der Waals surface area contributed by atoms with E-state index in [4.69, 9.17) is 37.4 Å². The van der Waals surface area contributed by atoms with Gasteiger partial charge in [-0.25, -0.2) is 8.42 Å². The average molecular weight is 523 g/mol. The molecule has 1 aliphatic heterocycles. The molecule has 1 aliphatic rings. The van der Waals surface area contributed by atoms with Gasteiger partial charge in [0.05, 0.1) is 22.8 Å². The van der Waals surface area contributed by atoms with Crippen LogP contribution in [-0.4, -0.2) is 34.8 Å². The van der Waals surface area contributed by atoms with Crippen molar-refractivity contribution in [2.45, 2.75) is 11.8 Å². The van der Waals surface area contributed by atoms with Crippen LogP contribution in [0.3, 0.4) is 0 Å². The Morgan fingerprint density at radius 1 is 1.03 bits per heavy atom. The van der Waals surface area contributed by atoms with E-state index in [1.165, 1.54) is 31.4 Å². The van der Waals surface area contributed by atoms with Gasteiger partial charge < -0.3 is 19.5 Å². The first kappa shape index (κ1) is 24.0. The first-order valence-corrected chi connectivity index (χ1v) is 12.2. The van der Waals surface area contributed by atoms with Crippen LogP contribution in [0.4, 0.5) is 11.4 Å². The van der Waals surface area contributed by atoms with E-state index in [-0.39, 0.29) is 33.2 Å². The lowest BCUT2D eigenvalue weighted by atomic mass is 10.2. The van der Waals surface area contributed by atoms with Crippen LogP contribution in [0.5, 0.6) is 17.2 Å². The molecule has 8 nitrogen and oxygen atoms in total. The van der Waals surface area contributed by atoms with Gasteiger partial charge in [-0.15, -0.1) is 0 Å². The highest BCUT2D eigenvalue weighted by Crippen LogP contribution is 2.35. The molecule has 11 heteroatoms. The lowest BCUT2D eigenvalue weighted by molar-refractivity contribution is -0.114. The number of benzene rings is 3. The summed E-state index contributed by atoms with van der Waals surface area (Å²) >= 11 is 12.2. The Bertz CT molecular complexity index is 1360. The quantitative estimate of drug-likeness (QED) is 0.475. The van der Waals surface area contributed by atoms with Crippen molar-refractivity contribution in [1.29, 1.82) is 0 Å². The third kappa shape index (κ3) is 4.86. The molecule has 0 saturated carbocycles. The Labute approximate surface area is 207 Å². The summed E-state index contributed by atoms with van der Waals surface area (Å²) in [4.78, 5) is 12.9. The van der Waals surface area contributed by atoms with Crippen LogP contribution in [0.25, 0.3) is 0 Å². The van der Waals surface area contributed by atoms with E-state index in [1.54, 1.807) is 37.3 Å². The second-order valence-electron chi connectivity index (χ2n) is 7.38. The van der Waals surface area contributed by atoms with Gasteiger partial charge in [0.15, 0.2) is 11.5 Å². The monoisotopic (exact) mass is 522 g/mol. The lowest BCUT2D eigenvalue weighted by Crippen LogP contribution is -2.38. The summed E-state index contributed by atoms with van der Waals surface area (Å²) in [5.41, 5.74) is 1.30. The predicted octanol–water partition coefficient (Wildman–Crippen LogP) is 4.87. The van der Waals surface area contributed by atoms with Crippen LogP contribution in [0.2, 0.25) is 10.0 Å². The molecule has 0 unspecified atom stereocenters. The summed E-state index contributed by atoms with van der Waals surface area (Å²) in [5, 5.41) is 3.09. The molecule has 0 spiro atoms. The van der Waals surface area contributed by atoms with Crippen molar-refractivity contribution in [2.75, 3.05) is 30.1 Å².